The van der Waals surface area contributed by atoms with Crippen LogP contribution in [-0.4, -0.2) is 41.7 Å². The number of aromatic nitrogens is 1. The lowest BCUT2D eigenvalue weighted by Crippen LogP contribution is -2.31. The SMILES string of the molecule is COc1cc2c(Oc3ccc(CC(=O)Nc4cccc(F)c4)cc3)ccnc2cc1OCC[C@H](N)C(=O)O. The predicted octanol–water partition coefficient (Wildman–Crippen LogP) is 4.54. The number of nitrogens with zero attached hydrogens (tertiary/aromatic N) is 1. The van der Waals surface area contributed by atoms with E-state index in [0.717, 1.165) is 5.56 Å². The van der Waals surface area contributed by atoms with Crippen molar-refractivity contribution in [1.82, 2.24) is 4.98 Å². The number of carbonyl (C=O) groups excluding carboxylic acids is 1. The molecule has 1 amide bonds. The maximum atomic E-state index is 13.3. The van der Waals surface area contributed by atoms with Gasteiger partial charge in [-0.25, -0.2) is 4.39 Å². The fraction of sp³-hybridized carbons (Fsp3) is 0.179. The number of nitrogens with one attached hydrogen (secondary N) is 1. The van der Waals surface area contributed by atoms with Gasteiger partial charge in [0.1, 0.15) is 23.4 Å². The number of carboxylic acids is 1. The third-order valence-electron chi connectivity index (χ3n) is 5.61. The maximum Gasteiger partial charge on any atom is 0.320 e. The van der Waals surface area contributed by atoms with E-state index in [1.54, 1.807) is 54.7 Å². The number of hydrogen-bond acceptors (Lipinski definition) is 7. The van der Waals surface area contributed by atoms with Crippen LogP contribution in [0, 0.1) is 5.82 Å². The zero-order chi connectivity index (χ0) is 27.1. The molecule has 4 aromatic rings. The van der Waals surface area contributed by atoms with E-state index in [-0.39, 0.29) is 25.4 Å². The van der Waals surface area contributed by atoms with Gasteiger partial charge in [-0.1, -0.05) is 18.2 Å². The number of methoxy groups -OCH3 is 1. The average molecular weight is 520 g/mol. The summed E-state index contributed by atoms with van der Waals surface area (Å²) in [5.74, 6) is 0.136. The Morgan fingerprint density at radius 2 is 1.84 bits per heavy atom. The van der Waals surface area contributed by atoms with Crippen LogP contribution in [0.3, 0.4) is 0 Å². The number of carbonyl (C=O) groups is 2. The average Bonchev–Trinajstić information content (AvgIpc) is 2.89. The Bertz CT molecular complexity index is 1440. The molecule has 1 aromatic heterocycles. The standard InChI is InChI=1S/C28H26FN3O6/c1-36-25-15-21-23(16-26(25)37-12-10-22(30)28(34)35)31-11-9-24(21)38-20-7-5-17(6-8-20)13-27(33)32-19-4-2-3-18(29)14-19/h2-9,11,14-16,22H,10,12-13,30H2,1H3,(H,32,33)(H,34,35)/t22-/m0/s1. The molecule has 196 valence electrons. The first-order valence-corrected chi connectivity index (χ1v) is 11.7. The molecular formula is C28H26FN3O6. The molecule has 4 N–H and O–H groups in total. The molecular weight excluding hydrogens is 493 g/mol. The van der Waals surface area contributed by atoms with Crippen molar-refractivity contribution in [3.05, 3.63) is 84.3 Å². The van der Waals surface area contributed by atoms with E-state index in [2.05, 4.69) is 10.3 Å². The summed E-state index contributed by atoms with van der Waals surface area (Å²) < 4.78 is 30.6. The Balaban J connectivity index is 1.44. The summed E-state index contributed by atoms with van der Waals surface area (Å²) in [6.07, 6.45) is 1.85. The first kappa shape index (κ1) is 26.4. The van der Waals surface area contributed by atoms with Gasteiger partial charge in [0.2, 0.25) is 5.91 Å². The summed E-state index contributed by atoms with van der Waals surface area (Å²) in [6.45, 7) is 0.0954. The van der Waals surface area contributed by atoms with Crippen molar-refractivity contribution in [3.8, 4) is 23.0 Å². The number of benzene rings is 3. The van der Waals surface area contributed by atoms with Gasteiger partial charge in [0.25, 0.3) is 0 Å². The van der Waals surface area contributed by atoms with E-state index >= 15 is 0 Å². The van der Waals surface area contributed by atoms with Crippen LogP contribution in [0.25, 0.3) is 10.9 Å². The number of anilines is 1. The summed E-state index contributed by atoms with van der Waals surface area (Å²) in [4.78, 5) is 27.6. The van der Waals surface area contributed by atoms with E-state index in [1.165, 1.54) is 25.3 Å². The minimum atomic E-state index is -1.09. The van der Waals surface area contributed by atoms with Crippen LogP contribution >= 0.6 is 0 Å². The molecule has 0 aliphatic carbocycles. The highest BCUT2D eigenvalue weighted by Crippen LogP contribution is 2.37. The van der Waals surface area contributed by atoms with Crippen molar-refractivity contribution in [3.63, 3.8) is 0 Å². The number of ether oxygens (including phenoxy) is 3. The number of nitrogens with two attached hydrogens (primary N) is 1. The molecule has 0 fully saturated rings. The third kappa shape index (κ3) is 6.74. The monoisotopic (exact) mass is 519 g/mol. The molecule has 38 heavy (non-hydrogen) atoms. The van der Waals surface area contributed by atoms with E-state index in [9.17, 15) is 14.0 Å². The number of amides is 1. The number of hydrogen-bond donors (Lipinski definition) is 3. The fourth-order valence-corrected chi connectivity index (χ4v) is 3.67. The highest BCUT2D eigenvalue weighted by atomic mass is 19.1. The number of carboxylic acid groups (broad SMARTS) is 1. The van der Waals surface area contributed by atoms with Gasteiger partial charge in [-0.2, -0.15) is 0 Å². The summed E-state index contributed by atoms with van der Waals surface area (Å²) in [6, 6.07) is 16.9. The van der Waals surface area contributed by atoms with Gasteiger partial charge in [-0.3, -0.25) is 14.6 Å². The van der Waals surface area contributed by atoms with E-state index in [1.807, 2.05) is 0 Å². The Labute approximate surface area is 218 Å². The van der Waals surface area contributed by atoms with E-state index < -0.39 is 17.8 Å². The molecule has 1 heterocycles. The van der Waals surface area contributed by atoms with Crippen molar-refractivity contribution < 1.29 is 33.3 Å². The number of aliphatic carboxylic acids is 1. The van der Waals surface area contributed by atoms with Crippen molar-refractivity contribution in [1.29, 1.82) is 0 Å². The fourth-order valence-electron chi connectivity index (χ4n) is 3.67. The number of pyridine rings is 1. The van der Waals surface area contributed by atoms with Crippen LogP contribution in [0.15, 0.2) is 72.9 Å². The molecule has 9 nitrogen and oxygen atoms in total. The van der Waals surface area contributed by atoms with Gasteiger partial charge >= 0.3 is 5.97 Å². The second-order valence-electron chi connectivity index (χ2n) is 8.39. The molecule has 0 spiro atoms. The molecule has 0 saturated carbocycles. The molecule has 0 radical (unpaired) electrons. The number of halogens is 1. The Kier molecular flexibility index (Phi) is 8.34. The molecule has 10 heteroatoms. The Morgan fingerprint density at radius 3 is 2.55 bits per heavy atom. The summed E-state index contributed by atoms with van der Waals surface area (Å²) in [5.41, 5.74) is 7.28. The molecule has 0 unspecified atom stereocenters. The van der Waals surface area contributed by atoms with Crippen LogP contribution < -0.4 is 25.3 Å². The van der Waals surface area contributed by atoms with Crippen LogP contribution in [-0.2, 0) is 16.0 Å². The van der Waals surface area contributed by atoms with Gasteiger partial charge in [-0.15, -0.1) is 0 Å². The second kappa shape index (κ2) is 12.0. The van der Waals surface area contributed by atoms with Crippen LogP contribution in [0.2, 0.25) is 0 Å². The molecule has 0 saturated heterocycles. The van der Waals surface area contributed by atoms with E-state index in [0.29, 0.717) is 39.6 Å². The van der Waals surface area contributed by atoms with Gasteiger partial charge in [0.15, 0.2) is 11.5 Å². The smallest absolute Gasteiger partial charge is 0.320 e. The lowest BCUT2D eigenvalue weighted by molar-refractivity contribution is -0.138. The van der Waals surface area contributed by atoms with Gasteiger partial charge in [0.05, 0.1) is 25.7 Å². The predicted molar refractivity (Wildman–Crippen MR) is 139 cm³/mol. The topological polar surface area (TPSA) is 133 Å². The lowest BCUT2D eigenvalue weighted by atomic mass is 10.1. The van der Waals surface area contributed by atoms with Crippen molar-refractivity contribution in [2.45, 2.75) is 18.9 Å². The minimum absolute atomic E-state index is 0.0954. The largest absolute Gasteiger partial charge is 0.493 e. The molecule has 1 atom stereocenters. The Morgan fingerprint density at radius 1 is 1.05 bits per heavy atom. The summed E-state index contributed by atoms with van der Waals surface area (Å²) >= 11 is 0. The van der Waals surface area contributed by atoms with Gasteiger partial charge < -0.3 is 30.4 Å². The third-order valence-corrected chi connectivity index (χ3v) is 5.61. The van der Waals surface area contributed by atoms with Crippen LogP contribution in [0.4, 0.5) is 10.1 Å². The highest BCUT2D eigenvalue weighted by molar-refractivity contribution is 5.92. The van der Waals surface area contributed by atoms with Crippen molar-refractivity contribution in [2.24, 2.45) is 5.73 Å². The zero-order valence-corrected chi connectivity index (χ0v) is 20.5. The van der Waals surface area contributed by atoms with Gasteiger partial charge in [-0.05, 0) is 48.0 Å². The first-order chi connectivity index (χ1) is 18.3. The normalized spacial score (nSPS) is 11.6. The summed E-state index contributed by atoms with van der Waals surface area (Å²) in [7, 11) is 1.50. The number of fused-ring (bicyclic) bond motifs is 1. The highest BCUT2D eigenvalue weighted by Gasteiger charge is 2.15. The Hall–Kier alpha value is -4.70. The molecule has 3 aromatic carbocycles. The van der Waals surface area contributed by atoms with Crippen molar-refractivity contribution >= 4 is 28.5 Å². The molecule has 4 rings (SSSR count). The van der Waals surface area contributed by atoms with Crippen molar-refractivity contribution in [2.75, 3.05) is 19.0 Å². The minimum Gasteiger partial charge on any atom is -0.493 e. The number of rotatable bonds is 11. The van der Waals surface area contributed by atoms with E-state index in [4.69, 9.17) is 25.1 Å². The lowest BCUT2D eigenvalue weighted by Gasteiger charge is -2.14. The molecule has 0 aliphatic heterocycles. The zero-order valence-electron chi connectivity index (χ0n) is 20.5. The summed E-state index contributed by atoms with van der Waals surface area (Å²) in [5, 5.41) is 12.3. The van der Waals surface area contributed by atoms with Crippen LogP contribution in [0.1, 0.15) is 12.0 Å². The quantitative estimate of drug-likeness (QED) is 0.263. The second-order valence-corrected chi connectivity index (χ2v) is 8.39. The maximum absolute atomic E-state index is 13.3. The van der Waals surface area contributed by atoms with Gasteiger partial charge in [0, 0.05) is 29.8 Å². The first-order valence-electron chi connectivity index (χ1n) is 11.7. The molecule has 0 bridgehead atoms. The van der Waals surface area contributed by atoms with Crippen LogP contribution in [0.5, 0.6) is 23.0 Å². The molecule has 0 aliphatic rings.